The molecule has 16 rings (SSSR count). The van der Waals surface area contributed by atoms with Gasteiger partial charge in [-0.1, -0.05) is 121 Å². The minimum atomic E-state index is 0.864. The Balaban J connectivity index is 0.000000123. The summed E-state index contributed by atoms with van der Waals surface area (Å²) in [7, 11) is 16.9. The Morgan fingerprint density at radius 3 is 0.654 bits per heavy atom. The van der Waals surface area contributed by atoms with E-state index in [1.54, 1.807) is 14.2 Å². The monoisotopic (exact) mass is 1460 g/mol. The molecule has 12 aromatic rings. The van der Waals surface area contributed by atoms with Crippen molar-refractivity contribution in [1.82, 2.24) is 0 Å². The van der Waals surface area contributed by atoms with Gasteiger partial charge in [0, 0.05) is 44.5 Å². The first-order valence-electron chi connectivity index (χ1n) is 37.0. The standard InChI is InChI=1S/2C23H29O2P.2C23H21O2P/c4*1-14-12-16-8-4-6-10-18(16)20(22(14)24-3)21-19-11-7-5-9-17(19)13-15(2)23(21)25-26/h2*12-13H,4-11,26H2,1-3H3;2*4-13H,26H2,1-3H3. The molecular formula is C92H100O8P4. The van der Waals surface area contributed by atoms with Crippen molar-refractivity contribution >= 4 is 81.0 Å². The summed E-state index contributed by atoms with van der Waals surface area (Å²) in [5, 5.41) is 9.41. The van der Waals surface area contributed by atoms with E-state index in [2.05, 4.69) is 239 Å². The van der Waals surface area contributed by atoms with Crippen molar-refractivity contribution in [1.29, 1.82) is 0 Å². The average Bonchev–Trinajstić information content (AvgIpc) is 0.762. The van der Waals surface area contributed by atoms with Crippen molar-refractivity contribution in [2.75, 3.05) is 28.4 Å². The lowest BCUT2D eigenvalue weighted by Gasteiger charge is -2.29. The van der Waals surface area contributed by atoms with Crippen LogP contribution in [-0.2, 0) is 51.4 Å². The SMILES string of the molecule is COc1c(C)cc2c(c1-c1c3c(cc(C)c1OP)CCCC3)CCCC2.COc1c(C)cc2c(c1-c1c3c(cc(C)c1OP)CCCC3)CCCC2.COc1c(C)cc2ccccc2c1-c1c(OP)c(C)cc2ccccc12.COc1c(C)cc2ccccc2c1-c1c(OP)c(C)cc2ccccc12. The van der Waals surface area contributed by atoms with Gasteiger partial charge in [0.15, 0.2) is 0 Å². The Hall–Kier alpha value is -8.20. The third-order valence-electron chi connectivity index (χ3n) is 22.2. The fourth-order valence-electron chi connectivity index (χ4n) is 17.7. The summed E-state index contributed by atoms with van der Waals surface area (Å²) in [4.78, 5) is 0. The Kier molecular flexibility index (Phi) is 23.3. The molecular weight excluding hydrogens is 1360 g/mol. The largest absolute Gasteiger partial charge is 0.496 e. The van der Waals surface area contributed by atoms with E-state index in [9.17, 15) is 0 Å². The lowest BCUT2D eigenvalue weighted by atomic mass is 9.78. The van der Waals surface area contributed by atoms with E-state index in [0.717, 1.165) is 138 Å². The third-order valence-corrected chi connectivity index (χ3v) is 23.1. The predicted molar refractivity (Wildman–Crippen MR) is 450 cm³/mol. The molecule has 12 heteroatoms. The van der Waals surface area contributed by atoms with Gasteiger partial charge in [0.1, 0.15) is 46.0 Å². The van der Waals surface area contributed by atoms with Crippen molar-refractivity contribution in [3.63, 3.8) is 0 Å². The number of hydrogen-bond acceptors (Lipinski definition) is 8. The van der Waals surface area contributed by atoms with Gasteiger partial charge < -0.3 is 37.0 Å². The summed E-state index contributed by atoms with van der Waals surface area (Å²) in [5.41, 5.74) is 30.8. The quantitative estimate of drug-likeness (QED) is 0.112. The second-order valence-corrected chi connectivity index (χ2v) is 29.7. The zero-order valence-corrected chi connectivity index (χ0v) is 67.4. The molecule has 0 aromatic heterocycles. The maximum Gasteiger partial charge on any atom is 0.134 e. The van der Waals surface area contributed by atoms with Crippen molar-refractivity contribution in [2.45, 2.75) is 158 Å². The number of ether oxygens (including phenoxy) is 4. The molecule has 0 fully saturated rings. The average molecular weight is 1460 g/mol. The second kappa shape index (κ2) is 32.7. The van der Waals surface area contributed by atoms with Crippen molar-refractivity contribution in [2.24, 2.45) is 0 Å². The highest BCUT2D eigenvalue weighted by molar-refractivity contribution is 7.11. The second-order valence-electron chi connectivity index (χ2n) is 28.7. The van der Waals surface area contributed by atoms with Crippen LogP contribution < -0.4 is 37.0 Å². The third kappa shape index (κ3) is 14.0. The zero-order chi connectivity index (χ0) is 73.0. The fraction of sp³-hybridized carbons (Fsp3) is 0.304. The van der Waals surface area contributed by atoms with Gasteiger partial charge in [-0.05, 0) is 314 Å². The summed E-state index contributed by atoms with van der Waals surface area (Å²) < 4.78 is 47.0. The van der Waals surface area contributed by atoms with Gasteiger partial charge in [0.2, 0.25) is 0 Å². The first-order valence-corrected chi connectivity index (χ1v) is 38.9. The van der Waals surface area contributed by atoms with Crippen LogP contribution in [0.4, 0.5) is 0 Å². The molecule has 0 heterocycles. The Bertz CT molecular complexity index is 4620. The van der Waals surface area contributed by atoms with Gasteiger partial charge >= 0.3 is 0 Å². The number of hydrogen-bond donors (Lipinski definition) is 0. The van der Waals surface area contributed by atoms with Gasteiger partial charge in [-0.3, -0.25) is 0 Å². The zero-order valence-electron chi connectivity index (χ0n) is 62.7. The minimum Gasteiger partial charge on any atom is -0.496 e. The Labute approximate surface area is 625 Å². The van der Waals surface area contributed by atoms with Gasteiger partial charge in [-0.2, -0.15) is 0 Å². The smallest absolute Gasteiger partial charge is 0.134 e. The van der Waals surface area contributed by atoms with Crippen molar-refractivity contribution < 1.29 is 37.0 Å². The van der Waals surface area contributed by atoms with Crippen LogP contribution in [0.2, 0.25) is 0 Å². The summed E-state index contributed by atoms with van der Waals surface area (Å²) in [6, 6.07) is 51.8. The molecule has 104 heavy (non-hydrogen) atoms. The topological polar surface area (TPSA) is 73.8 Å². The van der Waals surface area contributed by atoms with Gasteiger partial charge in [0.05, 0.1) is 66.3 Å². The van der Waals surface area contributed by atoms with Crippen LogP contribution in [0, 0.1) is 55.4 Å². The Morgan fingerprint density at radius 2 is 0.404 bits per heavy atom. The van der Waals surface area contributed by atoms with E-state index in [1.165, 1.54) is 188 Å². The van der Waals surface area contributed by atoms with E-state index >= 15 is 0 Å². The number of methoxy groups -OCH3 is 4. The predicted octanol–water partition coefficient (Wildman–Crippen LogP) is 24.7. The number of aryl methyl sites for hydroxylation is 12. The molecule has 8 nitrogen and oxygen atoms in total. The molecule has 0 spiro atoms. The number of fused-ring (bicyclic) bond motifs is 8. The first kappa shape index (κ1) is 74.1. The lowest BCUT2D eigenvalue weighted by molar-refractivity contribution is 0.412. The molecule has 0 aliphatic heterocycles. The molecule has 4 aliphatic rings. The van der Waals surface area contributed by atoms with Gasteiger partial charge in [0.25, 0.3) is 0 Å². The van der Waals surface area contributed by atoms with Crippen LogP contribution >= 0.6 is 37.9 Å². The van der Waals surface area contributed by atoms with Crippen LogP contribution in [0.5, 0.6) is 46.0 Å². The fourth-order valence-corrected chi connectivity index (χ4v) is 18.9. The minimum absolute atomic E-state index is 0.864. The van der Waals surface area contributed by atoms with Gasteiger partial charge in [-0.25, -0.2) is 0 Å². The highest BCUT2D eigenvalue weighted by atomic mass is 31.0. The normalized spacial score (nSPS) is 13.5. The molecule has 4 unspecified atom stereocenters. The maximum absolute atomic E-state index is 5.96. The molecule has 0 amide bonds. The van der Waals surface area contributed by atoms with E-state index in [4.69, 9.17) is 37.0 Å². The summed E-state index contributed by atoms with van der Waals surface area (Å²) in [5.74, 6) is 7.59. The van der Waals surface area contributed by atoms with Crippen molar-refractivity contribution in [3.05, 3.63) is 235 Å². The summed E-state index contributed by atoms with van der Waals surface area (Å²) in [6.07, 6.45) is 19.5. The molecule has 0 radical (unpaired) electrons. The highest BCUT2D eigenvalue weighted by Gasteiger charge is 2.32. The molecule has 536 valence electrons. The van der Waals surface area contributed by atoms with Gasteiger partial charge in [-0.15, -0.1) is 0 Å². The molecule has 0 bridgehead atoms. The molecule has 0 saturated carbocycles. The van der Waals surface area contributed by atoms with E-state index < -0.39 is 0 Å². The summed E-state index contributed by atoms with van der Waals surface area (Å²) >= 11 is 0. The van der Waals surface area contributed by atoms with E-state index in [0.29, 0.717) is 0 Å². The molecule has 12 aromatic carbocycles. The van der Waals surface area contributed by atoms with Crippen molar-refractivity contribution in [3.8, 4) is 90.5 Å². The van der Waals surface area contributed by atoms with Crippen LogP contribution in [-0.4, -0.2) is 28.4 Å². The molecule has 0 N–H and O–H groups in total. The van der Waals surface area contributed by atoms with E-state index in [1.807, 2.05) is 14.2 Å². The van der Waals surface area contributed by atoms with Crippen LogP contribution in [0.25, 0.3) is 87.6 Å². The molecule has 4 atom stereocenters. The number of rotatable bonds is 12. The molecule has 4 aliphatic carbocycles. The highest BCUT2D eigenvalue weighted by Crippen LogP contribution is 2.54. The lowest BCUT2D eigenvalue weighted by Crippen LogP contribution is -2.11. The van der Waals surface area contributed by atoms with Crippen LogP contribution in [0.3, 0.4) is 0 Å². The number of benzene rings is 12. The molecule has 0 saturated heterocycles. The Morgan fingerprint density at radius 1 is 0.221 bits per heavy atom. The van der Waals surface area contributed by atoms with Crippen LogP contribution in [0.15, 0.2) is 146 Å². The van der Waals surface area contributed by atoms with Crippen LogP contribution in [0.1, 0.15) is 140 Å². The maximum atomic E-state index is 5.96. The summed E-state index contributed by atoms with van der Waals surface area (Å²) in [6.45, 7) is 17.1. The first-order chi connectivity index (χ1) is 50.6. The van der Waals surface area contributed by atoms with E-state index in [-0.39, 0.29) is 0 Å².